The monoisotopic (exact) mass is 537 g/mol. The molecular weight excluding hydrogens is 520 g/mol. The number of imidazole rings is 1. The molecule has 1 unspecified atom stereocenters. The van der Waals surface area contributed by atoms with Crippen molar-refractivity contribution in [2.75, 3.05) is 0 Å². The van der Waals surface area contributed by atoms with Crippen LogP contribution in [0.3, 0.4) is 0 Å². The Bertz CT molecular complexity index is 3030. The van der Waals surface area contributed by atoms with Crippen LogP contribution in [0.4, 0.5) is 0 Å². The molecule has 3 aromatic heterocycles. The summed E-state index contributed by atoms with van der Waals surface area (Å²) < 4.78 is 8.51. The third-order valence-corrected chi connectivity index (χ3v) is 9.54. The first-order chi connectivity index (χ1) is 20.7. The van der Waals surface area contributed by atoms with Gasteiger partial charge in [-0.25, -0.2) is 14.4 Å². The van der Waals surface area contributed by atoms with Crippen molar-refractivity contribution < 1.29 is 0 Å². The normalized spacial score (nSPS) is 16.3. The fourth-order valence-electron chi connectivity index (χ4n) is 7.84. The highest BCUT2D eigenvalue weighted by Crippen LogP contribution is 2.44. The van der Waals surface area contributed by atoms with Crippen LogP contribution >= 0.6 is 0 Å². The number of rotatable bonds is 0. The molecule has 42 heavy (non-hydrogen) atoms. The molecule has 4 heterocycles. The van der Waals surface area contributed by atoms with Crippen LogP contribution in [0.25, 0.3) is 81.3 Å². The Balaban J connectivity index is 1.39. The molecule has 0 radical (unpaired) electrons. The van der Waals surface area contributed by atoms with Crippen LogP contribution in [0.2, 0.25) is 0 Å². The van der Waals surface area contributed by atoms with Crippen LogP contribution in [0, 0.1) is 0 Å². The van der Waals surface area contributed by atoms with Gasteiger partial charge in [-0.3, -0.25) is 9.20 Å². The second-order valence-corrected chi connectivity index (χ2v) is 11.4. The van der Waals surface area contributed by atoms with Gasteiger partial charge in [0.05, 0.1) is 21.8 Å². The number of fused-ring (bicyclic) bond motifs is 10. The first-order valence-corrected chi connectivity index (χ1v) is 14.1. The molecule has 6 heteroatoms. The third kappa shape index (κ3) is 2.15. The zero-order valence-electron chi connectivity index (χ0n) is 21.9. The average molecular weight is 538 g/mol. The SMILES string of the molecule is O=c1c2ccc3c4ccc5c6c(ccc(c7ccc(c8n1C1C=CC=CC1=[N+]=8)c2c73)c46)c(=O)n1c2ccccc2nc51. The van der Waals surface area contributed by atoms with E-state index >= 15 is 0 Å². The first-order valence-electron chi connectivity index (χ1n) is 14.1. The van der Waals surface area contributed by atoms with E-state index in [0.717, 1.165) is 70.6 Å². The number of pyridine rings is 2. The molecule has 0 bridgehead atoms. The van der Waals surface area contributed by atoms with Gasteiger partial charge in [0.15, 0.2) is 0 Å². The fourth-order valence-corrected chi connectivity index (χ4v) is 7.84. The molecule has 0 saturated carbocycles. The number of nitrogens with zero attached hydrogens (tertiary/aromatic N) is 4. The van der Waals surface area contributed by atoms with Crippen LogP contribution < -0.4 is 21.3 Å². The molecule has 0 fully saturated rings. The minimum Gasteiger partial charge on any atom is -0.268 e. The maximum absolute atomic E-state index is 14.0. The lowest BCUT2D eigenvalue weighted by molar-refractivity contribution is 0.723. The van der Waals surface area contributed by atoms with Crippen molar-refractivity contribution in [2.45, 2.75) is 6.04 Å². The average Bonchev–Trinajstić information content (AvgIpc) is 3.61. The summed E-state index contributed by atoms with van der Waals surface area (Å²) in [5, 5.41) is 11.6. The van der Waals surface area contributed by atoms with Gasteiger partial charge in [0.2, 0.25) is 6.04 Å². The summed E-state index contributed by atoms with van der Waals surface area (Å²) in [6, 6.07) is 24.2. The van der Waals surface area contributed by atoms with Crippen molar-refractivity contribution in [3.8, 4) is 0 Å². The Morgan fingerprint density at radius 1 is 0.619 bits per heavy atom. The van der Waals surface area contributed by atoms with E-state index in [0.29, 0.717) is 21.9 Å². The van der Waals surface area contributed by atoms with Crippen LogP contribution in [0.1, 0.15) is 6.04 Å². The maximum Gasteiger partial charge on any atom is 0.386 e. The van der Waals surface area contributed by atoms with E-state index in [4.69, 9.17) is 9.65 Å². The van der Waals surface area contributed by atoms with Crippen molar-refractivity contribution in [1.82, 2.24) is 18.6 Å². The van der Waals surface area contributed by atoms with Gasteiger partial charge in [0, 0.05) is 27.6 Å². The highest BCUT2D eigenvalue weighted by Gasteiger charge is 2.35. The maximum atomic E-state index is 14.0. The van der Waals surface area contributed by atoms with Gasteiger partial charge in [0.25, 0.3) is 11.3 Å². The third-order valence-electron chi connectivity index (χ3n) is 9.54. The van der Waals surface area contributed by atoms with E-state index in [1.54, 1.807) is 4.40 Å². The molecule has 0 saturated heterocycles. The molecule has 6 aromatic carbocycles. The summed E-state index contributed by atoms with van der Waals surface area (Å²) >= 11 is 0. The van der Waals surface area contributed by atoms with Gasteiger partial charge in [0.1, 0.15) is 5.65 Å². The molecule has 1 aliphatic heterocycles. The van der Waals surface area contributed by atoms with Crippen molar-refractivity contribution in [3.63, 3.8) is 0 Å². The number of allylic oxidation sites excluding steroid dienone is 4. The van der Waals surface area contributed by atoms with Gasteiger partial charge >= 0.3 is 11.0 Å². The largest absolute Gasteiger partial charge is 0.386 e. The summed E-state index contributed by atoms with van der Waals surface area (Å²) in [6.07, 6.45) is 7.96. The number of benzene rings is 6. The van der Waals surface area contributed by atoms with Crippen molar-refractivity contribution in [3.05, 3.63) is 123 Å². The summed E-state index contributed by atoms with van der Waals surface area (Å²) in [7, 11) is 0. The Kier molecular flexibility index (Phi) is 3.35. The van der Waals surface area contributed by atoms with Crippen LogP contribution in [-0.2, 0) is 0 Å². The summed E-state index contributed by atoms with van der Waals surface area (Å²) in [4.78, 5) is 32.9. The summed E-state index contributed by atoms with van der Waals surface area (Å²) in [6.45, 7) is 0. The van der Waals surface area contributed by atoms with Gasteiger partial charge in [-0.15, -0.1) is 0 Å². The Morgan fingerprint density at radius 2 is 1.21 bits per heavy atom. The van der Waals surface area contributed by atoms with Crippen molar-refractivity contribution in [1.29, 1.82) is 0 Å². The van der Waals surface area contributed by atoms with Crippen LogP contribution in [0.5, 0.6) is 0 Å². The molecule has 192 valence electrons. The lowest BCUT2D eigenvalue weighted by atomic mass is 9.86. The summed E-state index contributed by atoms with van der Waals surface area (Å²) in [5.41, 5.74) is 3.83. The van der Waals surface area contributed by atoms with Crippen molar-refractivity contribution in [2.24, 2.45) is 0 Å². The standard InChI is InChI=1S/C36H17N4O2/c41-35-23-15-11-19-18-10-14-22-32-24(36(42)40-28-8-4-2-6-26(28)38-34(22)40)16-12-20(30(18)32)17-9-13-21(31(23)29(17)19)33-37-25-5-1-3-7-27(25)39(33)35/h1-16,27H/q+1. The van der Waals surface area contributed by atoms with Crippen molar-refractivity contribution >= 4 is 87.0 Å². The Hall–Kier alpha value is -5.84. The highest BCUT2D eigenvalue weighted by atomic mass is 16.1. The zero-order valence-corrected chi connectivity index (χ0v) is 21.9. The van der Waals surface area contributed by atoms with Gasteiger partial charge < -0.3 is 0 Å². The number of aromatic nitrogens is 3. The van der Waals surface area contributed by atoms with E-state index in [1.165, 1.54) is 0 Å². The molecule has 0 spiro atoms. The molecule has 1 aliphatic carbocycles. The molecule has 0 N–H and O–H groups in total. The summed E-state index contributed by atoms with van der Waals surface area (Å²) in [5.74, 6) is 0. The van der Waals surface area contributed by atoms with E-state index in [9.17, 15) is 9.59 Å². The number of hydrogen-bond acceptors (Lipinski definition) is 3. The van der Waals surface area contributed by atoms with Gasteiger partial charge in [-0.1, -0.05) is 48.6 Å². The topological polar surface area (TPSA) is 70.5 Å². The smallest absolute Gasteiger partial charge is 0.268 e. The predicted octanol–water partition coefficient (Wildman–Crippen LogP) is 5.33. The van der Waals surface area contributed by atoms with Gasteiger partial charge in [-0.05, 0) is 74.8 Å². The quantitative estimate of drug-likeness (QED) is 0.149. The van der Waals surface area contributed by atoms with E-state index in [-0.39, 0.29) is 17.2 Å². The minimum atomic E-state index is -0.174. The highest BCUT2D eigenvalue weighted by molar-refractivity contribution is 6.40. The molecule has 0 amide bonds. The second-order valence-electron chi connectivity index (χ2n) is 11.4. The molecule has 9 aromatic rings. The molecule has 11 rings (SSSR count). The molecule has 2 aliphatic rings. The zero-order chi connectivity index (χ0) is 27.4. The Morgan fingerprint density at radius 3 is 1.98 bits per heavy atom. The first kappa shape index (κ1) is 21.0. The van der Waals surface area contributed by atoms with E-state index in [1.807, 2.05) is 65.3 Å². The second kappa shape index (κ2) is 6.72. The number of hydrogen-bond donors (Lipinski definition) is 0. The van der Waals surface area contributed by atoms with E-state index < -0.39 is 0 Å². The number of para-hydroxylation sites is 2. The predicted molar refractivity (Wildman–Crippen MR) is 169 cm³/mol. The van der Waals surface area contributed by atoms with Gasteiger partial charge in [-0.2, -0.15) is 4.57 Å². The van der Waals surface area contributed by atoms with Crippen LogP contribution in [-0.4, -0.2) is 19.7 Å². The molecule has 6 nitrogen and oxygen atoms in total. The minimum absolute atomic E-state index is 0.0227. The Labute approximate surface area is 234 Å². The molecule has 1 atom stereocenters. The lowest BCUT2D eigenvalue weighted by Gasteiger charge is -2.17. The lowest BCUT2D eigenvalue weighted by Crippen LogP contribution is -2.35. The molecular formula is C36H17N4O2+. The van der Waals surface area contributed by atoms with E-state index in [2.05, 4.69) is 36.4 Å². The fraction of sp³-hybridized carbons (Fsp3) is 0.0278. The van der Waals surface area contributed by atoms with Crippen LogP contribution in [0.15, 0.2) is 107 Å².